The van der Waals surface area contributed by atoms with Crippen molar-refractivity contribution < 1.29 is 13.2 Å². The summed E-state index contributed by atoms with van der Waals surface area (Å²) in [5.74, 6) is 0.210. The second-order valence-corrected chi connectivity index (χ2v) is 10.4. The summed E-state index contributed by atoms with van der Waals surface area (Å²) in [4.78, 5) is 19.3. The Hall–Kier alpha value is -1.90. The predicted molar refractivity (Wildman–Crippen MR) is 120 cm³/mol. The lowest BCUT2D eigenvalue weighted by Gasteiger charge is -2.32. The molecule has 1 amide bonds. The second kappa shape index (κ2) is 9.49. The fourth-order valence-corrected chi connectivity index (χ4v) is 5.72. The SMILES string of the molecule is CSc1ncccc1C(=O)N1CCC(CNS(=O)(=O)c2cc(C)c(C)cc2C)CC1. The smallest absolute Gasteiger partial charge is 0.256 e. The Morgan fingerprint density at radius 2 is 1.83 bits per heavy atom. The van der Waals surface area contributed by atoms with Crippen LogP contribution in [0.1, 0.15) is 39.9 Å². The Balaban J connectivity index is 1.59. The summed E-state index contributed by atoms with van der Waals surface area (Å²) in [5.41, 5.74) is 3.44. The van der Waals surface area contributed by atoms with Crippen molar-refractivity contribution in [1.82, 2.24) is 14.6 Å². The lowest BCUT2D eigenvalue weighted by Crippen LogP contribution is -2.41. The van der Waals surface area contributed by atoms with Crippen LogP contribution < -0.4 is 4.72 Å². The number of sulfonamides is 1. The molecule has 1 aliphatic rings. The number of amides is 1. The minimum absolute atomic E-state index is 0.00256. The second-order valence-electron chi connectivity index (χ2n) is 7.85. The first-order valence-electron chi connectivity index (χ1n) is 10.1. The fourth-order valence-electron chi connectivity index (χ4n) is 3.76. The molecule has 1 fully saturated rings. The fraction of sp³-hybridized carbons (Fsp3) is 0.455. The standard InChI is InChI=1S/C22H29N3O3S2/c1-15-12-17(3)20(13-16(15)2)30(27,28)24-14-18-7-10-25(11-8-18)22(26)19-6-5-9-23-21(19)29-4/h5-6,9,12-13,18,24H,7-8,10-11,14H2,1-4H3. The highest BCUT2D eigenvalue weighted by Gasteiger charge is 2.27. The van der Waals surface area contributed by atoms with Gasteiger partial charge in [-0.3, -0.25) is 4.79 Å². The van der Waals surface area contributed by atoms with E-state index in [0.29, 0.717) is 30.1 Å². The van der Waals surface area contributed by atoms with Gasteiger partial charge < -0.3 is 4.90 Å². The molecule has 30 heavy (non-hydrogen) atoms. The van der Waals surface area contributed by atoms with Gasteiger partial charge in [0.25, 0.3) is 5.91 Å². The van der Waals surface area contributed by atoms with Crippen LogP contribution in [0.4, 0.5) is 0 Å². The molecule has 3 rings (SSSR count). The average Bonchev–Trinajstić information content (AvgIpc) is 2.74. The highest BCUT2D eigenvalue weighted by atomic mass is 32.2. The molecule has 1 aromatic heterocycles. The molecule has 1 N–H and O–H groups in total. The van der Waals surface area contributed by atoms with Crippen LogP contribution in [-0.2, 0) is 10.0 Å². The number of piperidine rings is 1. The largest absolute Gasteiger partial charge is 0.339 e. The number of aryl methyl sites for hydroxylation is 3. The zero-order valence-electron chi connectivity index (χ0n) is 17.9. The van der Waals surface area contributed by atoms with E-state index in [1.54, 1.807) is 18.3 Å². The highest BCUT2D eigenvalue weighted by Crippen LogP contribution is 2.24. The Morgan fingerprint density at radius 1 is 1.17 bits per heavy atom. The summed E-state index contributed by atoms with van der Waals surface area (Å²) in [6, 6.07) is 7.25. The molecule has 0 radical (unpaired) electrons. The van der Waals surface area contributed by atoms with Gasteiger partial charge in [-0.15, -0.1) is 11.8 Å². The third kappa shape index (κ3) is 5.04. The molecule has 0 unspecified atom stereocenters. The highest BCUT2D eigenvalue weighted by molar-refractivity contribution is 7.98. The maximum Gasteiger partial charge on any atom is 0.256 e. The third-order valence-corrected chi connectivity index (χ3v) is 8.02. The number of benzene rings is 1. The molecule has 6 nitrogen and oxygen atoms in total. The van der Waals surface area contributed by atoms with Crippen LogP contribution in [0.25, 0.3) is 0 Å². The van der Waals surface area contributed by atoms with Gasteiger partial charge in [0.15, 0.2) is 0 Å². The molecule has 2 aromatic rings. The molecule has 162 valence electrons. The summed E-state index contributed by atoms with van der Waals surface area (Å²) in [6.45, 7) is 7.36. The minimum atomic E-state index is -3.55. The van der Waals surface area contributed by atoms with Gasteiger partial charge in [0.1, 0.15) is 5.03 Å². The van der Waals surface area contributed by atoms with Crippen molar-refractivity contribution in [3.8, 4) is 0 Å². The van der Waals surface area contributed by atoms with E-state index in [2.05, 4.69) is 9.71 Å². The van der Waals surface area contributed by atoms with Crippen LogP contribution in [-0.4, -0.2) is 50.1 Å². The van der Waals surface area contributed by atoms with Crippen LogP contribution in [0.15, 0.2) is 40.4 Å². The number of carbonyl (C=O) groups is 1. The molecular formula is C22H29N3O3S2. The zero-order valence-corrected chi connectivity index (χ0v) is 19.6. The third-order valence-electron chi connectivity index (χ3n) is 5.74. The van der Waals surface area contributed by atoms with Crippen LogP contribution in [0.3, 0.4) is 0 Å². The molecular weight excluding hydrogens is 418 g/mol. The number of hydrogen-bond donors (Lipinski definition) is 1. The Bertz CT molecular complexity index is 1030. The van der Waals surface area contributed by atoms with E-state index >= 15 is 0 Å². The van der Waals surface area contributed by atoms with E-state index in [-0.39, 0.29) is 11.8 Å². The number of likely N-dealkylation sites (tertiary alicyclic amines) is 1. The molecule has 2 heterocycles. The van der Waals surface area contributed by atoms with Crippen molar-refractivity contribution >= 4 is 27.7 Å². The summed E-state index contributed by atoms with van der Waals surface area (Å²) < 4.78 is 28.4. The van der Waals surface area contributed by atoms with Crippen molar-refractivity contribution in [2.24, 2.45) is 5.92 Å². The minimum Gasteiger partial charge on any atom is -0.339 e. The average molecular weight is 448 g/mol. The Kier molecular flexibility index (Phi) is 7.21. The summed E-state index contributed by atoms with van der Waals surface area (Å²) in [7, 11) is -3.55. The number of thioether (sulfide) groups is 1. The molecule has 0 atom stereocenters. The molecule has 0 bridgehead atoms. The van der Waals surface area contributed by atoms with E-state index in [1.807, 2.05) is 44.1 Å². The van der Waals surface area contributed by atoms with Crippen LogP contribution in [0.2, 0.25) is 0 Å². The number of carbonyl (C=O) groups excluding carboxylic acids is 1. The molecule has 1 aliphatic heterocycles. The van der Waals surface area contributed by atoms with E-state index in [9.17, 15) is 13.2 Å². The molecule has 8 heteroatoms. The van der Waals surface area contributed by atoms with E-state index in [1.165, 1.54) is 11.8 Å². The van der Waals surface area contributed by atoms with Gasteiger partial charge in [-0.2, -0.15) is 0 Å². The van der Waals surface area contributed by atoms with Gasteiger partial charge in [-0.05, 0) is 80.7 Å². The van der Waals surface area contributed by atoms with Crippen molar-refractivity contribution in [2.45, 2.75) is 43.5 Å². The van der Waals surface area contributed by atoms with E-state index in [0.717, 1.165) is 34.6 Å². The lowest BCUT2D eigenvalue weighted by atomic mass is 9.97. The summed E-state index contributed by atoms with van der Waals surface area (Å²) in [6.07, 6.45) is 5.15. The number of nitrogens with one attached hydrogen (secondary N) is 1. The first-order chi connectivity index (χ1) is 14.2. The quantitative estimate of drug-likeness (QED) is 0.685. The topological polar surface area (TPSA) is 79.4 Å². The van der Waals surface area contributed by atoms with Crippen molar-refractivity contribution in [2.75, 3.05) is 25.9 Å². The van der Waals surface area contributed by atoms with E-state index < -0.39 is 10.0 Å². The maximum absolute atomic E-state index is 12.8. The first kappa shape index (κ1) is 22.8. The molecule has 1 saturated heterocycles. The predicted octanol–water partition coefficient (Wildman–Crippen LogP) is 3.56. The maximum atomic E-state index is 12.8. The zero-order chi connectivity index (χ0) is 21.9. The van der Waals surface area contributed by atoms with Gasteiger partial charge >= 0.3 is 0 Å². The monoisotopic (exact) mass is 447 g/mol. The molecule has 0 saturated carbocycles. The number of aromatic nitrogens is 1. The van der Waals surface area contributed by atoms with Gasteiger partial charge in [-0.25, -0.2) is 18.1 Å². The Morgan fingerprint density at radius 3 is 2.50 bits per heavy atom. The number of pyridine rings is 1. The number of nitrogens with zero attached hydrogens (tertiary/aromatic N) is 2. The van der Waals surface area contributed by atoms with Gasteiger partial charge in [0.05, 0.1) is 10.5 Å². The van der Waals surface area contributed by atoms with Gasteiger partial charge in [0.2, 0.25) is 10.0 Å². The molecule has 0 spiro atoms. The summed E-state index contributed by atoms with van der Waals surface area (Å²) in [5, 5.41) is 0.737. The molecule has 1 aromatic carbocycles. The Labute approximate surface area is 183 Å². The van der Waals surface area contributed by atoms with Crippen LogP contribution >= 0.6 is 11.8 Å². The van der Waals surface area contributed by atoms with Crippen molar-refractivity contribution in [3.63, 3.8) is 0 Å². The first-order valence-corrected chi connectivity index (χ1v) is 12.8. The van der Waals surface area contributed by atoms with E-state index in [4.69, 9.17) is 0 Å². The van der Waals surface area contributed by atoms with Crippen molar-refractivity contribution in [3.05, 3.63) is 52.7 Å². The van der Waals surface area contributed by atoms with Gasteiger partial charge in [-0.1, -0.05) is 6.07 Å². The van der Waals surface area contributed by atoms with Gasteiger partial charge in [0, 0.05) is 25.8 Å². The summed E-state index contributed by atoms with van der Waals surface area (Å²) >= 11 is 1.46. The van der Waals surface area contributed by atoms with Crippen molar-refractivity contribution in [1.29, 1.82) is 0 Å². The van der Waals surface area contributed by atoms with Crippen LogP contribution in [0.5, 0.6) is 0 Å². The lowest BCUT2D eigenvalue weighted by molar-refractivity contribution is 0.0687. The van der Waals surface area contributed by atoms with Crippen LogP contribution in [0, 0.1) is 26.7 Å². The normalized spacial score (nSPS) is 15.4. The molecule has 0 aliphatic carbocycles. The number of rotatable bonds is 6. The number of hydrogen-bond acceptors (Lipinski definition) is 5.